The summed E-state index contributed by atoms with van der Waals surface area (Å²) in [5.41, 5.74) is 4.92. The third kappa shape index (κ3) is 4.08. The van der Waals surface area contributed by atoms with Crippen LogP contribution in [0.1, 0.15) is 0 Å². The van der Waals surface area contributed by atoms with Crippen molar-refractivity contribution in [3.63, 3.8) is 0 Å². The minimum atomic E-state index is -0.616. The number of carbonyl (C=O) groups is 1. The van der Waals surface area contributed by atoms with Crippen LogP contribution in [0.5, 0.6) is 0 Å². The Balaban J connectivity index is 1.62. The molecule has 2 aromatic carbocycles. The van der Waals surface area contributed by atoms with E-state index in [0.29, 0.717) is 5.69 Å². The van der Waals surface area contributed by atoms with Gasteiger partial charge in [0.15, 0.2) is 0 Å². The van der Waals surface area contributed by atoms with E-state index in [4.69, 9.17) is 0 Å². The number of alkyl halides is 1. The molecular weight excluding hydrogens is 374 g/mol. The lowest BCUT2D eigenvalue weighted by atomic mass is 10.1. The lowest BCUT2D eigenvalue weighted by molar-refractivity contribution is 0.251. The number of halogens is 2. The fourth-order valence-electron chi connectivity index (χ4n) is 3.11. The summed E-state index contributed by atoms with van der Waals surface area (Å²) < 4.78 is 27.3. The number of hydrogen-bond acceptors (Lipinski definition) is 2. The lowest BCUT2D eigenvalue weighted by Crippen LogP contribution is -2.30. The highest BCUT2D eigenvalue weighted by Gasteiger charge is 2.09. The molecule has 4 rings (SSSR count). The predicted molar refractivity (Wildman–Crippen MR) is 109 cm³/mol. The number of hydrogen-bond donors (Lipinski definition) is 2. The van der Waals surface area contributed by atoms with Crippen LogP contribution in [0.4, 0.5) is 19.3 Å². The average molecular weight is 392 g/mol. The van der Waals surface area contributed by atoms with Gasteiger partial charge in [0.05, 0.1) is 11.9 Å². The highest BCUT2D eigenvalue weighted by atomic mass is 19.1. The van der Waals surface area contributed by atoms with E-state index in [1.54, 1.807) is 24.4 Å². The van der Waals surface area contributed by atoms with E-state index in [0.717, 1.165) is 28.0 Å². The fraction of sp³-hybridized carbons (Fsp3) is 0.0909. The molecule has 0 fully saturated rings. The Morgan fingerprint density at radius 2 is 1.83 bits per heavy atom. The van der Waals surface area contributed by atoms with Gasteiger partial charge < -0.3 is 10.6 Å². The molecule has 2 N–H and O–H groups in total. The Hall–Kier alpha value is -3.74. The molecule has 2 aromatic heterocycles. The van der Waals surface area contributed by atoms with Crippen molar-refractivity contribution in [3.05, 3.63) is 78.9 Å². The van der Waals surface area contributed by atoms with Crippen LogP contribution in [0.2, 0.25) is 0 Å². The van der Waals surface area contributed by atoms with Gasteiger partial charge in [0, 0.05) is 24.0 Å². The van der Waals surface area contributed by atoms with E-state index in [9.17, 15) is 13.6 Å². The average Bonchev–Trinajstić information content (AvgIpc) is 3.16. The molecule has 0 aliphatic heterocycles. The van der Waals surface area contributed by atoms with Crippen molar-refractivity contribution >= 4 is 17.4 Å². The molecule has 4 aromatic rings. The number of nitrogens with zero attached hydrogens (tertiary/aromatic N) is 2. The van der Waals surface area contributed by atoms with Gasteiger partial charge >= 0.3 is 6.03 Å². The summed E-state index contributed by atoms with van der Waals surface area (Å²) in [4.78, 5) is 16.2. The first-order valence-corrected chi connectivity index (χ1v) is 9.08. The molecule has 2 amide bonds. The van der Waals surface area contributed by atoms with Gasteiger partial charge in [0.25, 0.3) is 0 Å². The molecule has 29 heavy (non-hydrogen) atoms. The molecule has 0 saturated carbocycles. The van der Waals surface area contributed by atoms with E-state index in [1.807, 2.05) is 40.9 Å². The maximum atomic E-state index is 13.2. The number of carbonyl (C=O) groups excluding carboxylic acids is 1. The summed E-state index contributed by atoms with van der Waals surface area (Å²) in [6.45, 7) is -0.648. The lowest BCUT2D eigenvalue weighted by Gasteiger charge is -2.09. The van der Waals surface area contributed by atoms with E-state index < -0.39 is 12.7 Å². The topological polar surface area (TPSA) is 58.4 Å². The van der Waals surface area contributed by atoms with Crippen LogP contribution in [-0.2, 0) is 0 Å². The quantitative estimate of drug-likeness (QED) is 0.508. The van der Waals surface area contributed by atoms with Gasteiger partial charge in [0.2, 0.25) is 0 Å². The number of urea groups is 1. The highest BCUT2D eigenvalue weighted by Crippen LogP contribution is 2.27. The van der Waals surface area contributed by atoms with Crippen molar-refractivity contribution in [2.75, 3.05) is 18.5 Å². The van der Waals surface area contributed by atoms with E-state index in [1.165, 1.54) is 12.1 Å². The number of nitrogens with one attached hydrogen (secondary N) is 2. The molecule has 5 nitrogen and oxygen atoms in total. The summed E-state index contributed by atoms with van der Waals surface area (Å²) in [6.07, 6.45) is 3.66. The smallest absolute Gasteiger partial charge is 0.319 e. The van der Waals surface area contributed by atoms with Gasteiger partial charge in [-0.1, -0.05) is 24.3 Å². The molecule has 2 heterocycles. The van der Waals surface area contributed by atoms with Crippen molar-refractivity contribution in [1.82, 2.24) is 14.7 Å². The summed E-state index contributed by atoms with van der Waals surface area (Å²) in [7, 11) is 0. The molecule has 7 heteroatoms. The van der Waals surface area contributed by atoms with Crippen molar-refractivity contribution < 1.29 is 13.6 Å². The first-order valence-electron chi connectivity index (χ1n) is 9.08. The minimum Gasteiger partial charge on any atom is -0.335 e. The van der Waals surface area contributed by atoms with Crippen LogP contribution in [0.25, 0.3) is 28.0 Å². The van der Waals surface area contributed by atoms with Crippen LogP contribution in [-0.4, -0.2) is 28.6 Å². The van der Waals surface area contributed by atoms with Crippen molar-refractivity contribution in [2.45, 2.75) is 0 Å². The van der Waals surface area contributed by atoms with Crippen molar-refractivity contribution in [3.8, 4) is 22.4 Å². The molecule has 0 bridgehead atoms. The summed E-state index contributed by atoms with van der Waals surface area (Å²) in [5, 5.41) is 5.11. The van der Waals surface area contributed by atoms with E-state index in [2.05, 4.69) is 15.6 Å². The third-order valence-corrected chi connectivity index (χ3v) is 4.49. The fourth-order valence-corrected chi connectivity index (χ4v) is 3.11. The van der Waals surface area contributed by atoms with Gasteiger partial charge in [-0.2, -0.15) is 0 Å². The summed E-state index contributed by atoms with van der Waals surface area (Å²) in [5.74, 6) is -0.273. The Kier molecular flexibility index (Phi) is 5.20. The van der Waals surface area contributed by atoms with E-state index >= 15 is 0 Å². The molecule has 0 atom stereocenters. The Morgan fingerprint density at radius 1 is 1.00 bits per heavy atom. The molecule has 0 aliphatic rings. The highest BCUT2D eigenvalue weighted by molar-refractivity contribution is 5.90. The second-order valence-corrected chi connectivity index (χ2v) is 6.44. The summed E-state index contributed by atoms with van der Waals surface area (Å²) >= 11 is 0. The second-order valence-electron chi connectivity index (χ2n) is 6.44. The van der Waals surface area contributed by atoms with Crippen LogP contribution < -0.4 is 10.6 Å². The van der Waals surface area contributed by atoms with Crippen molar-refractivity contribution in [1.29, 1.82) is 0 Å². The summed E-state index contributed by atoms with van der Waals surface area (Å²) in [6, 6.07) is 17.1. The van der Waals surface area contributed by atoms with Gasteiger partial charge in [-0.05, 0) is 47.5 Å². The number of amides is 2. The predicted octanol–water partition coefficient (Wildman–Crippen LogP) is 4.90. The van der Waals surface area contributed by atoms with Gasteiger partial charge in [-0.15, -0.1) is 0 Å². The molecule has 0 saturated heterocycles. The Morgan fingerprint density at radius 3 is 2.62 bits per heavy atom. The first kappa shape index (κ1) is 18.6. The normalized spacial score (nSPS) is 10.8. The zero-order chi connectivity index (χ0) is 20.2. The number of rotatable bonds is 5. The standard InChI is InChI=1S/C22H18F2N4O/c23-9-10-25-22(29)27-19-3-1-2-17(12-19)20-14-26-21-13-16(8-11-28(20)21)15-4-6-18(24)7-5-15/h1-8,11-14H,9-10H2,(H2,25,27,29). The van der Waals surface area contributed by atoms with Crippen LogP contribution in [0.15, 0.2) is 73.1 Å². The van der Waals surface area contributed by atoms with Gasteiger partial charge in [-0.25, -0.2) is 18.6 Å². The number of imidazole rings is 1. The molecule has 0 spiro atoms. The van der Waals surface area contributed by atoms with E-state index in [-0.39, 0.29) is 12.4 Å². The number of benzene rings is 2. The zero-order valence-electron chi connectivity index (χ0n) is 15.4. The van der Waals surface area contributed by atoms with Crippen LogP contribution >= 0.6 is 0 Å². The molecular formula is C22H18F2N4O. The Bertz CT molecular complexity index is 1160. The van der Waals surface area contributed by atoms with Crippen LogP contribution in [0, 0.1) is 5.82 Å². The minimum absolute atomic E-state index is 0.0326. The Labute approximate surface area is 166 Å². The molecule has 0 aliphatic carbocycles. The third-order valence-electron chi connectivity index (χ3n) is 4.49. The second kappa shape index (κ2) is 8.10. The number of fused-ring (bicyclic) bond motifs is 1. The zero-order valence-corrected chi connectivity index (χ0v) is 15.4. The maximum absolute atomic E-state index is 13.2. The van der Waals surface area contributed by atoms with Crippen molar-refractivity contribution in [2.24, 2.45) is 0 Å². The number of aromatic nitrogens is 2. The van der Waals surface area contributed by atoms with Gasteiger partial charge in [0.1, 0.15) is 18.1 Å². The monoisotopic (exact) mass is 392 g/mol. The first-order chi connectivity index (χ1) is 14.1. The molecule has 0 unspecified atom stereocenters. The molecule has 0 radical (unpaired) electrons. The largest absolute Gasteiger partial charge is 0.335 e. The number of pyridine rings is 1. The molecule has 146 valence electrons. The number of anilines is 1. The van der Waals surface area contributed by atoms with Gasteiger partial charge in [-0.3, -0.25) is 4.40 Å². The van der Waals surface area contributed by atoms with Crippen LogP contribution in [0.3, 0.4) is 0 Å². The SMILES string of the molecule is O=C(NCCF)Nc1cccc(-c2cnc3cc(-c4ccc(F)cc4)ccn23)c1. The maximum Gasteiger partial charge on any atom is 0.319 e.